The van der Waals surface area contributed by atoms with E-state index in [2.05, 4.69) is 15.4 Å². The lowest BCUT2D eigenvalue weighted by Crippen LogP contribution is -2.19. The van der Waals surface area contributed by atoms with Gasteiger partial charge in [-0.1, -0.05) is 0 Å². The highest BCUT2D eigenvalue weighted by Gasteiger charge is 2.21. The Balaban J connectivity index is 2.62. The van der Waals surface area contributed by atoms with Gasteiger partial charge in [0.15, 0.2) is 11.7 Å². The molecule has 0 aliphatic heterocycles. The smallest absolute Gasteiger partial charge is 0.323 e. The molecule has 1 rings (SSSR count). The Bertz CT molecular complexity index is 381. The number of carbonyl (C=O) groups excluding carboxylic acids is 1. The van der Waals surface area contributed by atoms with Gasteiger partial charge in [0.2, 0.25) is 0 Å². The summed E-state index contributed by atoms with van der Waals surface area (Å²) in [7, 11) is 1.61. The number of nitriles is 1. The Morgan fingerprint density at radius 1 is 1.73 bits per heavy atom. The van der Waals surface area contributed by atoms with E-state index in [-0.39, 0.29) is 13.0 Å². The fraction of sp³-hybridized carbons (Fsp3) is 0.625. The highest BCUT2D eigenvalue weighted by atomic mass is 16.5. The van der Waals surface area contributed by atoms with Crippen LogP contribution in [-0.2, 0) is 23.0 Å². The van der Waals surface area contributed by atoms with E-state index in [1.165, 1.54) is 4.80 Å². The van der Waals surface area contributed by atoms with Gasteiger partial charge < -0.3 is 4.74 Å². The highest BCUT2D eigenvalue weighted by Crippen LogP contribution is 2.05. The molecular formula is C8H11N5O2. The third-order valence-corrected chi connectivity index (χ3v) is 1.66. The Morgan fingerprint density at radius 3 is 2.93 bits per heavy atom. The van der Waals surface area contributed by atoms with Crippen molar-refractivity contribution in [3.63, 3.8) is 0 Å². The van der Waals surface area contributed by atoms with E-state index >= 15 is 0 Å². The minimum atomic E-state index is -0.867. The van der Waals surface area contributed by atoms with Gasteiger partial charge in [-0.2, -0.15) is 10.1 Å². The van der Waals surface area contributed by atoms with Gasteiger partial charge in [0.25, 0.3) is 0 Å². The summed E-state index contributed by atoms with van der Waals surface area (Å²) in [6.07, 6.45) is 0.128. The van der Waals surface area contributed by atoms with Gasteiger partial charge in [-0.05, 0) is 12.1 Å². The summed E-state index contributed by atoms with van der Waals surface area (Å²) in [4.78, 5) is 12.5. The molecule has 7 nitrogen and oxygen atoms in total. The Hall–Kier alpha value is -1.97. The number of hydrogen-bond donors (Lipinski definition) is 0. The van der Waals surface area contributed by atoms with Crippen molar-refractivity contribution in [2.45, 2.75) is 13.3 Å². The van der Waals surface area contributed by atoms with Crippen LogP contribution in [0.15, 0.2) is 0 Å². The number of rotatable bonds is 4. The normalized spacial score (nSPS) is 11.8. The molecule has 1 heterocycles. The average molecular weight is 209 g/mol. The van der Waals surface area contributed by atoms with Crippen LogP contribution in [0.3, 0.4) is 0 Å². The van der Waals surface area contributed by atoms with Crippen LogP contribution < -0.4 is 0 Å². The van der Waals surface area contributed by atoms with Crippen molar-refractivity contribution in [2.24, 2.45) is 13.0 Å². The summed E-state index contributed by atoms with van der Waals surface area (Å²) in [6, 6.07) is 1.85. The number of aryl methyl sites for hydroxylation is 1. The SMILES string of the molecule is CCOC(=O)C(C#N)Cc1nnn(C)n1. The molecule has 0 radical (unpaired) electrons. The minimum absolute atomic E-state index is 0.128. The zero-order valence-electron chi connectivity index (χ0n) is 8.54. The summed E-state index contributed by atoms with van der Waals surface area (Å²) < 4.78 is 4.73. The van der Waals surface area contributed by atoms with Crippen LogP contribution in [0.1, 0.15) is 12.7 Å². The van der Waals surface area contributed by atoms with E-state index in [9.17, 15) is 4.79 Å². The molecule has 7 heteroatoms. The number of nitrogens with zero attached hydrogens (tertiary/aromatic N) is 5. The van der Waals surface area contributed by atoms with Gasteiger partial charge in [0.05, 0.1) is 19.7 Å². The monoisotopic (exact) mass is 209 g/mol. The molecule has 0 aliphatic rings. The molecule has 0 spiro atoms. The van der Waals surface area contributed by atoms with Gasteiger partial charge in [-0.15, -0.1) is 10.2 Å². The number of tetrazole rings is 1. The van der Waals surface area contributed by atoms with E-state index in [4.69, 9.17) is 10.00 Å². The Morgan fingerprint density at radius 2 is 2.47 bits per heavy atom. The lowest BCUT2D eigenvalue weighted by atomic mass is 10.1. The van der Waals surface area contributed by atoms with E-state index in [0.717, 1.165) is 0 Å². The topological polar surface area (TPSA) is 93.7 Å². The molecule has 0 fully saturated rings. The third kappa shape index (κ3) is 3.02. The molecule has 0 saturated heterocycles. The zero-order chi connectivity index (χ0) is 11.3. The molecule has 0 saturated carbocycles. The first kappa shape index (κ1) is 11.1. The van der Waals surface area contributed by atoms with Crippen molar-refractivity contribution < 1.29 is 9.53 Å². The van der Waals surface area contributed by atoms with Crippen molar-refractivity contribution >= 4 is 5.97 Å². The van der Waals surface area contributed by atoms with Crippen molar-refractivity contribution in [3.8, 4) is 6.07 Å². The largest absolute Gasteiger partial charge is 0.465 e. The maximum atomic E-state index is 11.3. The van der Waals surface area contributed by atoms with Crippen LogP contribution in [0.5, 0.6) is 0 Å². The van der Waals surface area contributed by atoms with E-state index in [1.807, 2.05) is 6.07 Å². The Labute approximate surface area is 86.6 Å². The van der Waals surface area contributed by atoms with E-state index < -0.39 is 11.9 Å². The van der Waals surface area contributed by atoms with Gasteiger partial charge in [0.1, 0.15) is 0 Å². The van der Waals surface area contributed by atoms with Crippen LogP contribution in [0, 0.1) is 17.2 Å². The molecular weight excluding hydrogens is 198 g/mol. The van der Waals surface area contributed by atoms with Gasteiger partial charge in [-0.25, -0.2) is 0 Å². The molecule has 0 aromatic carbocycles. The fourth-order valence-corrected chi connectivity index (χ4v) is 1.01. The molecule has 1 aromatic rings. The zero-order valence-corrected chi connectivity index (χ0v) is 8.54. The third-order valence-electron chi connectivity index (χ3n) is 1.66. The molecule has 0 bridgehead atoms. The Kier molecular flexibility index (Phi) is 3.74. The van der Waals surface area contributed by atoms with Crippen LogP contribution in [0.25, 0.3) is 0 Å². The second kappa shape index (κ2) is 5.05. The lowest BCUT2D eigenvalue weighted by molar-refractivity contribution is -0.146. The highest BCUT2D eigenvalue weighted by molar-refractivity contribution is 5.75. The molecule has 1 aromatic heterocycles. The summed E-state index contributed by atoms with van der Waals surface area (Å²) in [5.74, 6) is -1.06. The first-order chi connectivity index (χ1) is 7.17. The van der Waals surface area contributed by atoms with Gasteiger partial charge >= 0.3 is 5.97 Å². The van der Waals surface area contributed by atoms with Crippen molar-refractivity contribution in [2.75, 3.05) is 6.61 Å². The molecule has 1 atom stereocenters. The van der Waals surface area contributed by atoms with Crippen LogP contribution in [0.4, 0.5) is 0 Å². The second-order valence-electron chi connectivity index (χ2n) is 2.83. The predicted molar refractivity (Wildman–Crippen MR) is 48.2 cm³/mol. The summed E-state index contributed by atoms with van der Waals surface area (Å²) in [5.41, 5.74) is 0. The van der Waals surface area contributed by atoms with Gasteiger partial charge in [0, 0.05) is 6.42 Å². The molecule has 1 unspecified atom stereocenters. The molecule has 0 amide bonds. The van der Waals surface area contributed by atoms with E-state index in [0.29, 0.717) is 5.82 Å². The van der Waals surface area contributed by atoms with Crippen LogP contribution in [0.2, 0.25) is 0 Å². The van der Waals surface area contributed by atoms with Gasteiger partial charge in [-0.3, -0.25) is 4.79 Å². The maximum Gasteiger partial charge on any atom is 0.323 e. The van der Waals surface area contributed by atoms with Crippen molar-refractivity contribution in [1.29, 1.82) is 5.26 Å². The first-order valence-corrected chi connectivity index (χ1v) is 4.46. The molecule has 0 aliphatic carbocycles. The summed E-state index contributed by atoms with van der Waals surface area (Å²) in [5, 5.41) is 19.9. The predicted octanol–water partition coefficient (Wildman–Crippen LogP) is -0.545. The van der Waals surface area contributed by atoms with Crippen LogP contribution in [-0.4, -0.2) is 32.8 Å². The average Bonchev–Trinajstić information content (AvgIpc) is 2.61. The van der Waals surface area contributed by atoms with Crippen molar-refractivity contribution in [3.05, 3.63) is 5.82 Å². The standard InChI is InChI=1S/C8H11N5O2/c1-3-15-8(14)6(5-9)4-7-10-12-13(2)11-7/h6H,3-4H2,1-2H3. The molecule has 80 valence electrons. The van der Waals surface area contributed by atoms with Crippen molar-refractivity contribution in [1.82, 2.24) is 20.2 Å². The number of carbonyl (C=O) groups is 1. The quantitative estimate of drug-likeness (QED) is 0.618. The molecule has 15 heavy (non-hydrogen) atoms. The number of ether oxygens (including phenoxy) is 1. The summed E-state index contributed by atoms with van der Waals surface area (Å²) in [6.45, 7) is 1.94. The fourth-order valence-electron chi connectivity index (χ4n) is 1.01. The van der Waals surface area contributed by atoms with E-state index in [1.54, 1.807) is 14.0 Å². The van der Waals surface area contributed by atoms with Crippen LogP contribution >= 0.6 is 0 Å². The number of esters is 1. The molecule has 0 N–H and O–H groups in total. The lowest BCUT2D eigenvalue weighted by Gasteiger charge is -2.04. The first-order valence-electron chi connectivity index (χ1n) is 4.46. The minimum Gasteiger partial charge on any atom is -0.465 e. The summed E-state index contributed by atoms with van der Waals surface area (Å²) >= 11 is 0. The number of hydrogen-bond acceptors (Lipinski definition) is 6. The maximum absolute atomic E-state index is 11.3. The second-order valence-corrected chi connectivity index (χ2v) is 2.83. The number of aromatic nitrogens is 4.